The normalized spacial score (nSPS) is 22.8. The van der Waals surface area contributed by atoms with E-state index >= 15 is 0 Å². The number of hydrogen-bond acceptors (Lipinski definition) is 2. The average Bonchev–Trinajstić information content (AvgIpc) is 2.50. The molecule has 0 aromatic rings. The molecule has 76 valence electrons. The summed E-state index contributed by atoms with van der Waals surface area (Å²) in [6.07, 6.45) is 4.32. The molecule has 1 rings (SSSR count). The highest BCUT2D eigenvalue weighted by Gasteiger charge is 2.25. The number of rotatable bonds is 2. The second-order valence-corrected chi connectivity index (χ2v) is 4.96. The highest BCUT2D eigenvalue weighted by atomic mass is 32.2. The summed E-state index contributed by atoms with van der Waals surface area (Å²) < 4.78 is 0. The zero-order valence-corrected chi connectivity index (χ0v) is 9.56. The van der Waals surface area contributed by atoms with Crippen LogP contribution in [0.15, 0.2) is 0 Å². The van der Waals surface area contributed by atoms with Gasteiger partial charge in [0.25, 0.3) is 5.24 Å². The summed E-state index contributed by atoms with van der Waals surface area (Å²) >= 11 is 1.33. The van der Waals surface area contributed by atoms with Gasteiger partial charge in [-0.1, -0.05) is 25.6 Å². The minimum Gasteiger partial charge on any atom is -0.333 e. The van der Waals surface area contributed by atoms with Crippen LogP contribution in [0.4, 0.5) is 4.79 Å². The van der Waals surface area contributed by atoms with Crippen molar-refractivity contribution in [1.82, 2.24) is 4.90 Å². The Bertz CT molecular complexity index is 182. The van der Waals surface area contributed by atoms with Crippen molar-refractivity contribution < 1.29 is 4.79 Å². The van der Waals surface area contributed by atoms with E-state index in [1.165, 1.54) is 24.6 Å². The van der Waals surface area contributed by atoms with Crippen LogP contribution < -0.4 is 0 Å². The van der Waals surface area contributed by atoms with Crippen LogP contribution in [0, 0.1) is 11.8 Å². The molecule has 1 saturated heterocycles. The Labute approximate surface area is 85.1 Å². The predicted molar refractivity (Wildman–Crippen MR) is 58.0 cm³/mol. The Morgan fingerprint density at radius 3 is 2.85 bits per heavy atom. The number of likely N-dealkylation sites (tertiary alicyclic amines) is 1. The van der Waals surface area contributed by atoms with E-state index in [1.807, 2.05) is 11.2 Å². The molecule has 1 aliphatic heterocycles. The van der Waals surface area contributed by atoms with Gasteiger partial charge in [0.05, 0.1) is 0 Å². The average molecular weight is 201 g/mol. The summed E-state index contributed by atoms with van der Waals surface area (Å²) in [5, 5.41) is 0.242. The molecule has 1 fully saturated rings. The molecule has 1 atom stereocenters. The maximum atomic E-state index is 11.3. The molecule has 0 radical (unpaired) electrons. The van der Waals surface area contributed by atoms with E-state index in [9.17, 15) is 4.79 Å². The van der Waals surface area contributed by atoms with Gasteiger partial charge in [-0.25, -0.2) is 0 Å². The Morgan fingerprint density at radius 1 is 1.62 bits per heavy atom. The van der Waals surface area contributed by atoms with Crippen molar-refractivity contribution in [3.63, 3.8) is 0 Å². The van der Waals surface area contributed by atoms with Gasteiger partial charge in [-0.15, -0.1) is 0 Å². The molecule has 0 saturated carbocycles. The Kier molecular flexibility index (Phi) is 4.10. The van der Waals surface area contributed by atoms with Crippen molar-refractivity contribution in [1.29, 1.82) is 0 Å². The largest absolute Gasteiger partial charge is 0.333 e. The van der Waals surface area contributed by atoms with Crippen LogP contribution in [-0.2, 0) is 0 Å². The summed E-state index contributed by atoms with van der Waals surface area (Å²) in [6, 6.07) is 0. The van der Waals surface area contributed by atoms with Gasteiger partial charge in [0.1, 0.15) is 0 Å². The summed E-state index contributed by atoms with van der Waals surface area (Å²) in [5.41, 5.74) is 0. The van der Waals surface area contributed by atoms with E-state index in [4.69, 9.17) is 0 Å². The molecule has 0 aliphatic carbocycles. The van der Waals surface area contributed by atoms with Crippen LogP contribution in [0.25, 0.3) is 0 Å². The zero-order chi connectivity index (χ0) is 9.84. The number of hydrogen-bond donors (Lipinski definition) is 0. The van der Waals surface area contributed by atoms with Crippen molar-refractivity contribution in [3.05, 3.63) is 0 Å². The van der Waals surface area contributed by atoms with E-state index < -0.39 is 0 Å². The van der Waals surface area contributed by atoms with Gasteiger partial charge in [-0.2, -0.15) is 0 Å². The van der Waals surface area contributed by atoms with Gasteiger partial charge < -0.3 is 4.90 Å². The summed E-state index contributed by atoms with van der Waals surface area (Å²) in [5.74, 6) is 1.51. The molecule has 0 N–H and O–H groups in total. The first-order chi connectivity index (χ1) is 6.13. The van der Waals surface area contributed by atoms with Crippen LogP contribution in [0.1, 0.15) is 26.7 Å². The molecule has 0 unspecified atom stereocenters. The monoisotopic (exact) mass is 201 g/mol. The van der Waals surface area contributed by atoms with Crippen molar-refractivity contribution in [2.45, 2.75) is 26.7 Å². The van der Waals surface area contributed by atoms with Crippen molar-refractivity contribution in [2.75, 3.05) is 19.3 Å². The SMILES string of the molecule is CSC(=O)N1CC[C@@H](CC(C)C)C1. The first-order valence-corrected chi connectivity index (χ1v) is 6.18. The fourth-order valence-electron chi connectivity index (χ4n) is 1.99. The smallest absolute Gasteiger partial charge is 0.281 e. The third-order valence-electron chi connectivity index (χ3n) is 2.52. The molecule has 0 spiro atoms. The van der Waals surface area contributed by atoms with E-state index in [-0.39, 0.29) is 5.24 Å². The molecular formula is C10H19NOS. The number of nitrogens with zero attached hydrogens (tertiary/aromatic N) is 1. The molecule has 0 aromatic carbocycles. The molecule has 1 heterocycles. The summed E-state index contributed by atoms with van der Waals surface area (Å²) in [7, 11) is 0. The minimum atomic E-state index is 0.242. The number of amides is 1. The standard InChI is InChI=1S/C10H19NOS/c1-8(2)6-9-4-5-11(7-9)10(12)13-3/h8-9H,4-7H2,1-3H3/t9-/m0/s1. The Morgan fingerprint density at radius 2 is 2.31 bits per heavy atom. The molecule has 1 aliphatic rings. The first-order valence-electron chi connectivity index (χ1n) is 4.96. The first kappa shape index (κ1) is 10.9. The van der Waals surface area contributed by atoms with Gasteiger partial charge >= 0.3 is 0 Å². The quantitative estimate of drug-likeness (QED) is 0.684. The fourth-order valence-corrected chi connectivity index (χ4v) is 2.41. The van der Waals surface area contributed by atoms with E-state index in [1.54, 1.807) is 0 Å². The van der Waals surface area contributed by atoms with E-state index in [0.717, 1.165) is 24.9 Å². The lowest BCUT2D eigenvalue weighted by molar-refractivity contribution is 0.231. The molecular weight excluding hydrogens is 182 g/mol. The summed E-state index contributed by atoms with van der Waals surface area (Å²) in [6.45, 7) is 6.45. The number of carbonyl (C=O) groups is 1. The number of carbonyl (C=O) groups excluding carboxylic acids is 1. The Hall–Kier alpha value is -0.180. The van der Waals surface area contributed by atoms with E-state index in [2.05, 4.69) is 13.8 Å². The van der Waals surface area contributed by atoms with Crippen LogP contribution in [-0.4, -0.2) is 29.5 Å². The molecule has 2 nitrogen and oxygen atoms in total. The second-order valence-electron chi connectivity index (χ2n) is 4.20. The maximum absolute atomic E-state index is 11.3. The van der Waals surface area contributed by atoms with Crippen molar-refractivity contribution >= 4 is 17.0 Å². The number of thioether (sulfide) groups is 1. The van der Waals surface area contributed by atoms with Crippen LogP contribution in [0.2, 0.25) is 0 Å². The topological polar surface area (TPSA) is 20.3 Å². The minimum absolute atomic E-state index is 0.242. The maximum Gasteiger partial charge on any atom is 0.281 e. The zero-order valence-electron chi connectivity index (χ0n) is 8.75. The predicted octanol–water partition coefficient (Wildman–Crippen LogP) is 2.84. The lowest BCUT2D eigenvalue weighted by atomic mass is 9.97. The van der Waals surface area contributed by atoms with Gasteiger partial charge in [0.2, 0.25) is 0 Å². The highest BCUT2D eigenvalue weighted by Crippen LogP contribution is 2.24. The van der Waals surface area contributed by atoms with Crippen molar-refractivity contribution in [2.24, 2.45) is 11.8 Å². The second kappa shape index (κ2) is 4.89. The molecule has 0 aromatic heterocycles. The molecule has 13 heavy (non-hydrogen) atoms. The van der Waals surface area contributed by atoms with Crippen LogP contribution >= 0.6 is 11.8 Å². The van der Waals surface area contributed by atoms with Crippen LogP contribution in [0.3, 0.4) is 0 Å². The molecule has 0 bridgehead atoms. The van der Waals surface area contributed by atoms with Gasteiger partial charge in [0.15, 0.2) is 0 Å². The lowest BCUT2D eigenvalue weighted by Gasteiger charge is -2.15. The van der Waals surface area contributed by atoms with E-state index in [0.29, 0.717) is 0 Å². The van der Waals surface area contributed by atoms with Gasteiger partial charge in [-0.05, 0) is 30.9 Å². The van der Waals surface area contributed by atoms with Crippen LogP contribution in [0.5, 0.6) is 0 Å². The lowest BCUT2D eigenvalue weighted by Crippen LogP contribution is -2.24. The third kappa shape index (κ3) is 3.22. The molecule has 1 amide bonds. The molecule has 3 heteroatoms. The Balaban J connectivity index is 2.32. The highest BCUT2D eigenvalue weighted by molar-refractivity contribution is 8.12. The van der Waals surface area contributed by atoms with Crippen molar-refractivity contribution in [3.8, 4) is 0 Å². The summed E-state index contributed by atoms with van der Waals surface area (Å²) in [4.78, 5) is 13.3. The fraction of sp³-hybridized carbons (Fsp3) is 0.900. The van der Waals surface area contributed by atoms with Gasteiger partial charge in [-0.3, -0.25) is 4.79 Å². The van der Waals surface area contributed by atoms with Gasteiger partial charge in [0, 0.05) is 13.1 Å². The third-order valence-corrected chi connectivity index (χ3v) is 3.13.